The highest BCUT2D eigenvalue weighted by Crippen LogP contribution is 2.18. The molecule has 1 atom stereocenters. The van der Waals surface area contributed by atoms with E-state index in [-0.39, 0.29) is 17.5 Å². The van der Waals surface area contributed by atoms with E-state index in [1.807, 2.05) is 37.3 Å². The second-order valence-corrected chi connectivity index (χ2v) is 5.54. The zero-order valence-corrected chi connectivity index (χ0v) is 13.1. The molecule has 0 bridgehead atoms. The highest BCUT2D eigenvalue weighted by atomic mass is 16.6. The van der Waals surface area contributed by atoms with E-state index in [1.54, 1.807) is 12.1 Å². The highest BCUT2D eigenvalue weighted by Gasteiger charge is 2.10. The fourth-order valence-corrected chi connectivity index (χ4v) is 2.38. The molecule has 2 aromatic rings. The first-order chi connectivity index (χ1) is 11.1. The largest absolute Gasteiger partial charge is 0.356 e. The minimum absolute atomic E-state index is 0.0169. The molecule has 0 heterocycles. The Hall–Kier alpha value is -2.69. The molecule has 0 aliphatic heterocycles. The Labute approximate surface area is 135 Å². The summed E-state index contributed by atoms with van der Waals surface area (Å²) in [5.74, 6) is 0.193. The number of hydrogen-bond acceptors (Lipinski definition) is 3. The van der Waals surface area contributed by atoms with Crippen LogP contribution in [0.15, 0.2) is 54.6 Å². The number of non-ortho nitro benzene ring substituents is 1. The molecular formula is C18H20N2O3. The third kappa shape index (κ3) is 5.21. The number of nitro benzene ring substituents is 1. The van der Waals surface area contributed by atoms with E-state index >= 15 is 0 Å². The Bertz CT molecular complexity index is 654. The molecule has 5 heteroatoms. The Morgan fingerprint density at radius 2 is 1.78 bits per heavy atom. The van der Waals surface area contributed by atoms with Gasteiger partial charge in [-0.25, -0.2) is 0 Å². The summed E-state index contributed by atoms with van der Waals surface area (Å²) in [4.78, 5) is 22.1. The monoisotopic (exact) mass is 312 g/mol. The van der Waals surface area contributed by atoms with E-state index in [4.69, 9.17) is 0 Å². The molecule has 0 aliphatic carbocycles. The number of nitrogens with one attached hydrogen (secondary N) is 1. The molecule has 5 nitrogen and oxygen atoms in total. The molecule has 1 unspecified atom stereocenters. The first kappa shape index (κ1) is 16.7. The second kappa shape index (κ2) is 8.08. The Kier molecular flexibility index (Phi) is 5.86. The smallest absolute Gasteiger partial charge is 0.269 e. The lowest BCUT2D eigenvalue weighted by atomic mass is 9.97. The van der Waals surface area contributed by atoms with Crippen molar-refractivity contribution in [3.05, 3.63) is 75.8 Å². The molecule has 2 rings (SSSR count). The van der Waals surface area contributed by atoms with Crippen LogP contribution in [0, 0.1) is 10.1 Å². The van der Waals surface area contributed by atoms with E-state index < -0.39 is 4.92 Å². The predicted octanol–water partition coefficient (Wildman–Crippen LogP) is 3.45. The number of hydrogen-bond donors (Lipinski definition) is 1. The first-order valence-electron chi connectivity index (χ1n) is 7.61. The quantitative estimate of drug-likeness (QED) is 0.628. The van der Waals surface area contributed by atoms with Gasteiger partial charge < -0.3 is 5.32 Å². The van der Waals surface area contributed by atoms with Gasteiger partial charge in [-0.3, -0.25) is 14.9 Å². The molecule has 23 heavy (non-hydrogen) atoms. The summed E-state index contributed by atoms with van der Waals surface area (Å²) in [6, 6.07) is 16.3. The van der Waals surface area contributed by atoms with Gasteiger partial charge in [-0.05, 0) is 23.5 Å². The van der Waals surface area contributed by atoms with Crippen molar-refractivity contribution in [1.29, 1.82) is 0 Å². The van der Waals surface area contributed by atoms with Gasteiger partial charge >= 0.3 is 0 Å². The Morgan fingerprint density at radius 1 is 1.13 bits per heavy atom. The van der Waals surface area contributed by atoms with Gasteiger partial charge in [0.1, 0.15) is 0 Å². The molecule has 2 aromatic carbocycles. The van der Waals surface area contributed by atoms with Crippen molar-refractivity contribution in [3.63, 3.8) is 0 Å². The molecule has 0 spiro atoms. The Morgan fingerprint density at radius 3 is 2.39 bits per heavy atom. The highest BCUT2D eigenvalue weighted by molar-refractivity contribution is 5.76. The van der Waals surface area contributed by atoms with Crippen molar-refractivity contribution in [2.45, 2.75) is 25.7 Å². The first-order valence-corrected chi connectivity index (χ1v) is 7.61. The van der Waals surface area contributed by atoms with Crippen molar-refractivity contribution in [3.8, 4) is 0 Å². The summed E-state index contributed by atoms with van der Waals surface area (Å²) in [7, 11) is 0. The van der Waals surface area contributed by atoms with Crippen molar-refractivity contribution < 1.29 is 9.72 Å². The number of amides is 1. The lowest BCUT2D eigenvalue weighted by Crippen LogP contribution is -2.26. The average molecular weight is 312 g/mol. The lowest BCUT2D eigenvalue weighted by molar-refractivity contribution is -0.384. The SMILES string of the molecule is CC(CC(=O)NCCc1ccc([N+](=O)[O-])cc1)c1ccccc1. The molecule has 0 radical (unpaired) electrons. The number of carbonyl (C=O) groups is 1. The Balaban J connectivity index is 1.75. The van der Waals surface area contributed by atoms with Crippen LogP contribution in [0.25, 0.3) is 0 Å². The summed E-state index contributed by atoms with van der Waals surface area (Å²) in [5, 5.41) is 13.5. The van der Waals surface area contributed by atoms with Gasteiger partial charge in [0, 0.05) is 25.1 Å². The van der Waals surface area contributed by atoms with Crippen LogP contribution in [0.2, 0.25) is 0 Å². The standard InChI is InChI=1S/C18H20N2O3/c1-14(16-5-3-2-4-6-16)13-18(21)19-12-11-15-7-9-17(10-8-15)20(22)23/h2-10,14H,11-13H2,1H3,(H,19,21). The minimum atomic E-state index is -0.420. The van der Waals surface area contributed by atoms with Crippen LogP contribution in [0.3, 0.4) is 0 Å². The number of carbonyl (C=O) groups excluding carboxylic acids is 1. The summed E-state index contributed by atoms with van der Waals surface area (Å²) in [6.07, 6.45) is 1.10. The molecule has 0 aliphatic rings. The summed E-state index contributed by atoms with van der Waals surface area (Å²) < 4.78 is 0. The van der Waals surface area contributed by atoms with Gasteiger partial charge in [-0.2, -0.15) is 0 Å². The molecule has 0 aromatic heterocycles. The average Bonchev–Trinajstić information content (AvgIpc) is 2.56. The van der Waals surface area contributed by atoms with Crippen LogP contribution in [-0.2, 0) is 11.2 Å². The maximum Gasteiger partial charge on any atom is 0.269 e. The van der Waals surface area contributed by atoms with E-state index in [0.29, 0.717) is 19.4 Å². The van der Waals surface area contributed by atoms with Gasteiger partial charge in [-0.15, -0.1) is 0 Å². The molecular weight excluding hydrogens is 292 g/mol. The number of rotatable bonds is 7. The summed E-state index contributed by atoms with van der Waals surface area (Å²) >= 11 is 0. The maximum absolute atomic E-state index is 12.0. The van der Waals surface area contributed by atoms with Gasteiger partial charge in [0.2, 0.25) is 5.91 Å². The number of nitro groups is 1. The molecule has 120 valence electrons. The van der Waals surface area contributed by atoms with E-state index in [2.05, 4.69) is 5.32 Å². The van der Waals surface area contributed by atoms with Crippen molar-refractivity contribution >= 4 is 11.6 Å². The van der Waals surface area contributed by atoms with E-state index in [0.717, 1.165) is 11.1 Å². The number of nitrogens with zero attached hydrogens (tertiary/aromatic N) is 1. The van der Waals surface area contributed by atoms with Crippen LogP contribution < -0.4 is 5.32 Å². The maximum atomic E-state index is 12.0. The lowest BCUT2D eigenvalue weighted by Gasteiger charge is -2.12. The molecule has 1 N–H and O–H groups in total. The van der Waals surface area contributed by atoms with Gasteiger partial charge in [0.15, 0.2) is 0 Å². The third-order valence-electron chi connectivity index (χ3n) is 3.74. The van der Waals surface area contributed by atoms with Crippen molar-refractivity contribution in [1.82, 2.24) is 5.32 Å². The van der Waals surface area contributed by atoms with E-state index in [9.17, 15) is 14.9 Å². The van der Waals surface area contributed by atoms with Crippen molar-refractivity contribution in [2.24, 2.45) is 0 Å². The van der Waals surface area contributed by atoms with Crippen LogP contribution >= 0.6 is 0 Å². The van der Waals surface area contributed by atoms with Gasteiger partial charge in [-0.1, -0.05) is 49.4 Å². The van der Waals surface area contributed by atoms with Crippen LogP contribution in [0.4, 0.5) is 5.69 Å². The van der Waals surface area contributed by atoms with Crippen LogP contribution in [-0.4, -0.2) is 17.4 Å². The molecule has 1 amide bonds. The normalized spacial score (nSPS) is 11.7. The minimum Gasteiger partial charge on any atom is -0.356 e. The van der Waals surface area contributed by atoms with Gasteiger partial charge in [0.25, 0.3) is 5.69 Å². The van der Waals surface area contributed by atoms with Gasteiger partial charge in [0.05, 0.1) is 4.92 Å². The zero-order valence-electron chi connectivity index (χ0n) is 13.1. The summed E-state index contributed by atoms with van der Waals surface area (Å²) in [5.41, 5.74) is 2.19. The summed E-state index contributed by atoms with van der Waals surface area (Å²) in [6.45, 7) is 2.56. The topological polar surface area (TPSA) is 72.2 Å². The second-order valence-electron chi connectivity index (χ2n) is 5.54. The third-order valence-corrected chi connectivity index (χ3v) is 3.74. The molecule has 0 fully saturated rings. The fraction of sp³-hybridized carbons (Fsp3) is 0.278. The van der Waals surface area contributed by atoms with Crippen LogP contribution in [0.5, 0.6) is 0 Å². The van der Waals surface area contributed by atoms with E-state index in [1.165, 1.54) is 12.1 Å². The fourth-order valence-electron chi connectivity index (χ4n) is 2.38. The van der Waals surface area contributed by atoms with Crippen molar-refractivity contribution in [2.75, 3.05) is 6.54 Å². The van der Waals surface area contributed by atoms with Crippen LogP contribution in [0.1, 0.15) is 30.4 Å². The number of benzene rings is 2. The molecule has 0 saturated heterocycles. The zero-order chi connectivity index (χ0) is 16.7. The predicted molar refractivity (Wildman–Crippen MR) is 89.3 cm³/mol. The molecule has 0 saturated carbocycles.